The number of hydrogen-bond donors (Lipinski definition) is 0. The Hall–Kier alpha value is -1.12. The quantitative estimate of drug-likeness (QED) is 0.666. The van der Waals surface area contributed by atoms with Gasteiger partial charge in [-0.15, -0.1) is 0 Å². The van der Waals surface area contributed by atoms with Gasteiger partial charge in [-0.3, -0.25) is 0 Å². The Labute approximate surface area is 70.0 Å². The summed E-state index contributed by atoms with van der Waals surface area (Å²) in [5.41, 5.74) is 2.02. The summed E-state index contributed by atoms with van der Waals surface area (Å²) in [6, 6.07) is 4.89. The maximum absolute atomic E-state index is 11.7. The SMILES string of the molecule is Cc1ccc(OC(F)F)cc1C. The standard InChI is InChI=1S/C9H10F2O/c1-6-3-4-8(5-7(6)2)12-9(10)11/h3-5,9H,1-2H3. The first-order valence-electron chi connectivity index (χ1n) is 3.61. The minimum atomic E-state index is -2.74. The first-order valence-corrected chi connectivity index (χ1v) is 3.61. The first kappa shape index (κ1) is 8.97. The second-order valence-electron chi connectivity index (χ2n) is 2.62. The van der Waals surface area contributed by atoms with E-state index in [1.165, 1.54) is 6.07 Å². The highest BCUT2D eigenvalue weighted by Gasteiger charge is 2.04. The molecule has 0 atom stereocenters. The molecule has 66 valence electrons. The average molecular weight is 172 g/mol. The van der Waals surface area contributed by atoms with E-state index in [9.17, 15) is 8.78 Å². The van der Waals surface area contributed by atoms with E-state index in [0.717, 1.165) is 11.1 Å². The van der Waals surface area contributed by atoms with Crippen molar-refractivity contribution in [3.63, 3.8) is 0 Å². The van der Waals surface area contributed by atoms with Crippen LogP contribution < -0.4 is 4.74 Å². The summed E-state index contributed by atoms with van der Waals surface area (Å²) in [5, 5.41) is 0. The van der Waals surface area contributed by atoms with Crippen LogP contribution in [0.4, 0.5) is 8.78 Å². The molecule has 1 rings (SSSR count). The Morgan fingerprint density at radius 3 is 2.33 bits per heavy atom. The van der Waals surface area contributed by atoms with Gasteiger partial charge in [0.05, 0.1) is 0 Å². The van der Waals surface area contributed by atoms with Crippen LogP contribution in [0.25, 0.3) is 0 Å². The first-order chi connectivity index (χ1) is 5.59. The summed E-state index contributed by atoms with van der Waals surface area (Å²) in [7, 11) is 0. The number of benzene rings is 1. The van der Waals surface area contributed by atoms with Crippen LogP contribution in [-0.4, -0.2) is 6.61 Å². The molecule has 0 bridgehead atoms. The second-order valence-corrected chi connectivity index (χ2v) is 2.62. The fourth-order valence-corrected chi connectivity index (χ4v) is 0.890. The molecule has 0 N–H and O–H groups in total. The lowest BCUT2D eigenvalue weighted by atomic mass is 10.1. The van der Waals surface area contributed by atoms with E-state index in [4.69, 9.17) is 0 Å². The topological polar surface area (TPSA) is 9.23 Å². The van der Waals surface area contributed by atoms with Crippen molar-refractivity contribution in [1.29, 1.82) is 0 Å². The van der Waals surface area contributed by atoms with E-state index >= 15 is 0 Å². The molecule has 3 heteroatoms. The average Bonchev–Trinajstić information content (AvgIpc) is 1.96. The molecule has 0 unspecified atom stereocenters. The number of aryl methyl sites for hydroxylation is 2. The number of halogens is 2. The van der Waals surface area contributed by atoms with Gasteiger partial charge in [0.15, 0.2) is 0 Å². The molecule has 1 aromatic carbocycles. The van der Waals surface area contributed by atoms with E-state index in [1.54, 1.807) is 12.1 Å². The highest BCUT2D eigenvalue weighted by Crippen LogP contribution is 2.18. The molecular formula is C9H10F2O. The summed E-state index contributed by atoms with van der Waals surface area (Å²) in [5.74, 6) is 0.216. The number of ether oxygens (including phenoxy) is 1. The zero-order valence-corrected chi connectivity index (χ0v) is 6.97. The van der Waals surface area contributed by atoms with Crippen LogP contribution in [0.15, 0.2) is 18.2 Å². The van der Waals surface area contributed by atoms with Crippen LogP contribution >= 0.6 is 0 Å². The van der Waals surface area contributed by atoms with Crippen molar-refractivity contribution in [3.05, 3.63) is 29.3 Å². The Bertz CT molecular complexity index is 271. The maximum atomic E-state index is 11.7. The molecule has 0 radical (unpaired) electrons. The van der Waals surface area contributed by atoms with E-state index in [0.29, 0.717) is 0 Å². The van der Waals surface area contributed by atoms with Gasteiger partial charge >= 0.3 is 6.61 Å². The molecule has 0 saturated heterocycles. The van der Waals surface area contributed by atoms with E-state index in [2.05, 4.69) is 4.74 Å². The van der Waals surface area contributed by atoms with Crippen molar-refractivity contribution in [2.45, 2.75) is 20.5 Å². The van der Waals surface area contributed by atoms with Crippen molar-refractivity contribution in [2.24, 2.45) is 0 Å². The third-order valence-corrected chi connectivity index (χ3v) is 1.70. The van der Waals surface area contributed by atoms with Gasteiger partial charge in [-0.1, -0.05) is 6.07 Å². The van der Waals surface area contributed by atoms with E-state index in [-0.39, 0.29) is 5.75 Å². The molecule has 1 aromatic rings. The molecule has 0 aromatic heterocycles. The molecule has 0 amide bonds. The zero-order chi connectivity index (χ0) is 9.14. The summed E-state index contributed by atoms with van der Waals surface area (Å²) >= 11 is 0. The van der Waals surface area contributed by atoms with Gasteiger partial charge in [0, 0.05) is 0 Å². The minimum absolute atomic E-state index is 0.216. The normalized spacial score (nSPS) is 10.4. The highest BCUT2D eigenvalue weighted by atomic mass is 19.3. The smallest absolute Gasteiger partial charge is 0.387 e. The van der Waals surface area contributed by atoms with Crippen molar-refractivity contribution < 1.29 is 13.5 Å². The number of hydrogen-bond acceptors (Lipinski definition) is 1. The molecule has 0 aliphatic rings. The van der Waals surface area contributed by atoms with Gasteiger partial charge in [0.1, 0.15) is 5.75 Å². The third-order valence-electron chi connectivity index (χ3n) is 1.70. The predicted octanol–water partition coefficient (Wildman–Crippen LogP) is 2.90. The largest absolute Gasteiger partial charge is 0.435 e. The predicted molar refractivity (Wildman–Crippen MR) is 42.5 cm³/mol. The minimum Gasteiger partial charge on any atom is -0.435 e. The number of rotatable bonds is 2. The molecule has 12 heavy (non-hydrogen) atoms. The van der Waals surface area contributed by atoms with Crippen LogP contribution in [0, 0.1) is 13.8 Å². The Kier molecular flexibility index (Phi) is 2.63. The van der Waals surface area contributed by atoms with Crippen LogP contribution in [0.2, 0.25) is 0 Å². The zero-order valence-electron chi connectivity index (χ0n) is 6.97. The Balaban J connectivity index is 2.82. The maximum Gasteiger partial charge on any atom is 0.387 e. The van der Waals surface area contributed by atoms with Crippen LogP contribution in [-0.2, 0) is 0 Å². The fraction of sp³-hybridized carbons (Fsp3) is 0.333. The Morgan fingerprint density at radius 1 is 1.17 bits per heavy atom. The molecule has 0 aliphatic carbocycles. The fourth-order valence-electron chi connectivity index (χ4n) is 0.890. The highest BCUT2D eigenvalue weighted by molar-refractivity contribution is 5.33. The monoisotopic (exact) mass is 172 g/mol. The van der Waals surface area contributed by atoms with E-state index in [1.807, 2.05) is 13.8 Å². The van der Waals surface area contributed by atoms with Crippen molar-refractivity contribution in [1.82, 2.24) is 0 Å². The molecule has 0 spiro atoms. The summed E-state index contributed by atoms with van der Waals surface area (Å²) < 4.78 is 27.7. The lowest BCUT2D eigenvalue weighted by Gasteiger charge is -2.06. The lowest BCUT2D eigenvalue weighted by molar-refractivity contribution is -0.0498. The van der Waals surface area contributed by atoms with Crippen LogP contribution in [0.3, 0.4) is 0 Å². The summed E-state index contributed by atoms with van der Waals surface area (Å²) in [4.78, 5) is 0. The van der Waals surface area contributed by atoms with Crippen molar-refractivity contribution in [3.8, 4) is 5.75 Å². The summed E-state index contributed by atoms with van der Waals surface area (Å²) in [6.07, 6.45) is 0. The summed E-state index contributed by atoms with van der Waals surface area (Å²) in [6.45, 7) is 1.03. The Morgan fingerprint density at radius 2 is 1.83 bits per heavy atom. The second kappa shape index (κ2) is 3.52. The van der Waals surface area contributed by atoms with Gasteiger partial charge in [0.2, 0.25) is 0 Å². The van der Waals surface area contributed by atoms with Gasteiger partial charge in [-0.2, -0.15) is 8.78 Å². The molecule has 0 fully saturated rings. The molecule has 0 heterocycles. The van der Waals surface area contributed by atoms with E-state index < -0.39 is 6.61 Å². The van der Waals surface area contributed by atoms with Gasteiger partial charge in [-0.05, 0) is 37.1 Å². The molecular weight excluding hydrogens is 162 g/mol. The molecule has 0 aliphatic heterocycles. The third kappa shape index (κ3) is 2.19. The lowest BCUT2D eigenvalue weighted by Crippen LogP contribution is -2.01. The van der Waals surface area contributed by atoms with Crippen LogP contribution in [0.1, 0.15) is 11.1 Å². The number of alkyl halides is 2. The van der Waals surface area contributed by atoms with Crippen molar-refractivity contribution >= 4 is 0 Å². The van der Waals surface area contributed by atoms with Crippen molar-refractivity contribution in [2.75, 3.05) is 0 Å². The van der Waals surface area contributed by atoms with Crippen LogP contribution in [0.5, 0.6) is 5.75 Å². The van der Waals surface area contributed by atoms with Gasteiger partial charge in [0.25, 0.3) is 0 Å². The molecule has 0 saturated carbocycles. The molecule has 1 nitrogen and oxygen atoms in total. The van der Waals surface area contributed by atoms with Gasteiger partial charge in [-0.25, -0.2) is 0 Å². The van der Waals surface area contributed by atoms with Gasteiger partial charge < -0.3 is 4.74 Å².